The lowest BCUT2D eigenvalue weighted by Crippen LogP contribution is -2.16. The summed E-state index contributed by atoms with van der Waals surface area (Å²) in [5, 5.41) is 4.73. The molecular formula is C23H21N5O3. The zero-order valence-corrected chi connectivity index (χ0v) is 16.9. The van der Waals surface area contributed by atoms with E-state index in [4.69, 9.17) is 15.2 Å². The number of carbonyl (C=O) groups excluding carboxylic acids is 1. The first-order valence-electron chi connectivity index (χ1n) is 9.77. The van der Waals surface area contributed by atoms with Gasteiger partial charge in [0.2, 0.25) is 0 Å². The van der Waals surface area contributed by atoms with Gasteiger partial charge in [-0.25, -0.2) is 14.8 Å². The number of nitrogens with one attached hydrogen (secondary N) is 1. The van der Waals surface area contributed by atoms with E-state index in [2.05, 4.69) is 20.3 Å². The lowest BCUT2D eigenvalue weighted by molar-refractivity contribution is 0.211. The SMILES string of the molecule is CCc1cncc(Nc2cc(COc3ccc(OC(N)=O)c4ccccc34)ccn2)n1. The van der Waals surface area contributed by atoms with E-state index in [1.54, 1.807) is 30.7 Å². The molecule has 2 aromatic heterocycles. The van der Waals surface area contributed by atoms with E-state index < -0.39 is 6.09 Å². The second-order valence-corrected chi connectivity index (χ2v) is 6.74. The molecule has 0 bridgehead atoms. The number of anilines is 2. The van der Waals surface area contributed by atoms with E-state index in [0.29, 0.717) is 29.7 Å². The summed E-state index contributed by atoms with van der Waals surface area (Å²) < 4.78 is 11.1. The Hall–Kier alpha value is -4.20. The maximum absolute atomic E-state index is 11.2. The molecule has 0 unspecified atom stereocenters. The third-order valence-electron chi connectivity index (χ3n) is 4.58. The smallest absolute Gasteiger partial charge is 0.409 e. The Labute approximate surface area is 179 Å². The molecule has 0 aliphatic carbocycles. The molecule has 3 N–H and O–H groups in total. The third kappa shape index (κ3) is 4.87. The Balaban J connectivity index is 1.51. The van der Waals surface area contributed by atoms with Gasteiger partial charge >= 0.3 is 6.09 Å². The minimum atomic E-state index is -0.857. The van der Waals surface area contributed by atoms with Crippen LogP contribution in [0.5, 0.6) is 11.5 Å². The number of rotatable bonds is 7. The van der Waals surface area contributed by atoms with E-state index >= 15 is 0 Å². The fourth-order valence-electron chi connectivity index (χ4n) is 3.13. The van der Waals surface area contributed by atoms with Gasteiger partial charge in [0, 0.05) is 23.2 Å². The normalized spacial score (nSPS) is 10.6. The van der Waals surface area contributed by atoms with Crippen molar-refractivity contribution in [3.63, 3.8) is 0 Å². The molecule has 2 aromatic carbocycles. The molecule has 0 spiro atoms. The maximum atomic E-state index is 11.2. The number of amides is 1. The molecule has 2 heterocycles. The first-order valence-corrected chi connectivity index (χ1v) is 9.77. The molecule has 8 nitrogen and oxygen atoms in total. The number of aromatic nitrogens is 3. The number of hydrogen-bond acceptors (Lipinski definition) is 7. The monoisotopic (exact) mass is 415 g/mol. The van der Waals surface area contributed by atoms with Gasteiger partial charge < -0.3 is 20.5 Å². The summed E-state index contributed by atoms with van der Waals surface area (Å²) in [6.45, 7) is 2.36. The number of ether oxygens (including phenoxy) is 2. The molecule has 0 saturated carbocycles. The quantitative estimate of drug-likeness (QED) is 0.461. The van der Waals surface area contributed by atoms with Crippen molar-refractivity contribution >= 4 is 28.5 Å². The Kier molecular flexibility index (Phi) is 5.89. The van der Waals surface area contributed by atoms with Crippen molar-refractivity contribution in [1.29, 1.82) is 0 Å². The molecule has 0 saturated heterocycles. The van der Waals surface area contributed by atoms with E-state index in [1.807, 2.05) is 43.3 Å². The summed E-state index contributed by atoms with van der Waals surface area (Å²) in [6.07, 6.45) is 5.06. The molecule has 4 rings (SSSR count). The van der Waals surface area contributed by atoms with Crippen molar-refractivity contribution in [3.8, 4) is 11.5 Å². The van der Waals surface area contributed by atoms with Gasteiger partial charge in [-0.2, -0.15) is 0 Å². The molecule has 0 radical (unpaired) electrons. The summed E-state index contributed by atoms with van der Waals surface area (Å²) in [7, 11) is 0. The topological polar surface area (TPSA) is 112 Å². The second-order valence-electron chi connectivity index (χ2n) is 6.74. The lowest BCUT2D eigenvalue weighted by Gasteiger charge is -2.13. The van der Waals surface area contributed by atoms with Crippen molar-refractivity contribution in [2.75, 3.05) is 5.32 Å². The standard InChI is InChI=1S/C23H21N5O3/c1-2-16-12-25-13-22(27-16)28-21-11-15(9-10-26-21)14-30-19-7-8-20(31-23(24)29)18-6-4-3-5-17(18)19/h3-13H,2,14H2,1H3,(H2,24,29)(H,26,27,28). The van der Waals surface area contributed by atoms with Crippen LogP contribution in [0.3, 0.4) is 0 Å². The summed E-state index contributed by atoms with van der Waals surface area (Å²) in [5.41, 5.74) is 6.99. The van der Waals surface area contributed by atoms with E-state index in [-0.39, 0.29) is 0 Å². The van der Waals surface area contributed by atoms with Crippen molar-refractivity contribution < 1.29 is 14.3 Å². The number of hydrogen-bond donors (Lipinski definition) is 2. The number of aryl methyl sites for hydroxylation is 1. The highest BCUT2D eigenvalue weighted by Crippen LogP contribution is 2.33. The first kappa shape index (κ1) is 20.1. The molecule has 0 atom stereocenters. The van der Waals surface area contributed by atoms with Crippen LogP contribution >= 0.6 is 0 Å². The van der Waals surface area contributed by atoms with Crippen molar-refractivity contribution in [2.45, 2.75) is 20.0 Å². The van der Waals surface area contributed by atoms with Gasteiger partial charge in [-0.3, -0.25) is 4.98 Å². The fraction of sp³-hybridized carbons (Fsp3) is 0.130. The highest BCUT2D eigenvalue weighted by molar-refractivity contribution is 5.94. The molecule has 0 aliphatic heterocycles. The highest BCUT2D eigenvalue weighted by Gasteiger charge is 2.10. The van der Waals surface area contributed by atoms with Gasteiger partial charge in [0.05, 0.1) is 11.9 Å². The molecule has 0 aliphatic rings. The molecule has 156 valence electrons. The summed E-state index contributed by atoms with van der Waals surface area (Å²) in [5.74, 6) is 2.35. The third-order valence-corrected chi connectivity index (χ3v) is 4.58. The van der Waals surface area contributed by atoms with Crippen LogP contribution in [0.2, 0.25) is 0 Å². The number of carbonyl (C=O) groups is 1. The number of pyridine rings is 1. The average molecular weight is 415 g/mol. The van der Waals surface area contributed by atoms with Crippen molar-refractivity contribution in [2.24, 2.45) is 5.73 Å². The van der Waals surface area contributed by atoms with Crippen LogP contribution in [0.4, 0.5) is 16.4 Å². The van der Waals surface area contributed by atoms with Crippen LogP contribution in [0.15, 0.2) is 67.1 Å². The molecule has 0 fully saturated rings. The van der Waals surface area contributed by atoms with E-state index in [9.17, 15) is 4.79 Å². The molecule has 4 aromatic rings. The van der Waals surface area contributed by atoms with Gasteiger partial charge in [-0.05, 0) is 36.2 Å². The number of primary amides is 1. The van der Waals surface area contributed by atoms with Gasteiger partial charge in [-0.15, -0.1) is 0 Å². The van der Waals surface area contributed by atoms with Crippen LogP contribution in [-0.4, -0.2) is 21.0 Å². The summed E-state index contributed by atoms with van der Waals surface area (Å²) >= 11 is 0. The number of nitrogens with zero attached hydrogens (tertiary/aromatic N) is 3. The maximum Gasteiger partial charge on any atom is 0.409 e. The molecular weight excluding hydrogens is 394 g/mol. The number of benzene rings is 2. The van der Waals surface area contributed by atoms with E-state index in [0.717, 1.165) is 28.5 Å². The number of fused-ring (bicyclic) bond motifs is 1. The van der Waals surface area contributed by atoms with Crippen LogP contribution in [0.25, 0.3) is 10.8 Å². The predicted octanol–water partition coefficient (Wildman–Crippen LogP) is 4.37. The summed E-state index contributed by atoms with van der Waals surface area (Å²) in [6, 6.07) is 14.7. The minimum absolute atomic E-state index is 0.331. The fourth-order valence-corrected chi connectivity index (χ4v) is 3.13. The first-order chi connectivity index (χ1) is 15.1. The lowest BCUT2D eigenvalue weighted by atomic mass is 10.1. The van der Waals surface area contributed by atoms with Gasteiger partial charge in [-0.1, -0.05) is 31.2 Å². The average Bonchev–Trinajstić information content (AvgIpc) is 2.79. The van der Waals surface area contributed by atoms with Crippen LogP contribution < -0.4 is 20.5 Å². The summed E-state index contributed by atoms with van der Waals surface area (Å²) in [4.78, 5) is 24.2. The molecule has 31 heavy (non-hydrogen) atoms. The Morgan fingerprint density at radius 2 is 1.81 bits per heavy atom. The zero-order chi connectivity index (χ0) is 21.6. The largest absolute Gasteiger partial charge is 0.488 e. The highest BCUT2D eigenvalue weighted by atomic mass is 16.5. The van der Waals surface area contributed by atoms with Crippen molar-refractivity contribution in [1.82, 2.24) is 15.0 Å². The zero-order valence-electron chi connectivity index (χ0n) is 16.9. The second kappa shape index (κ2) is 9.08. The van der Waals surface area contributed by atoms with E-state index in [1.165, 1.54) is 0 Å². The Morgan fingerprint density at radius 1 is 1.03 bits per heavy atom. The predicted molar refractivity (Wildman–Crippen MR) is 117 cm³/mol. The van der Waals surface area contributed by atoms with Gasteiger partial charge in [0.25, 0.3) is 0 Å². The van der Waals surface area contributed by atoms with Gasteiger partial charge in [0.1, 0.15) is 29.7 Å². The van der Waals surface area contributed by atoms with Crippen LogP contribution in [-0.2, 0) is 13.0 Å². The molecule has 8 heteroatoms. The van der Waals surface area contributed by atoms with Crippen LogP contribution in [0.1, 0.15) is 18.2 Å². The van der Waals surface area contributed by atoms with Gasteiger partial charge in [0.15, 0.2) is 0 Å². The minimum Gasteiger partial charge on any atom is -0.488 e. The van der Waals surface area contributed by atoms with Crippen molar-refractivity contribution in [3.05, 3.63) is 78.4 Å². The Morgan fingerprint density at radius 3 is 2.58 bits per heavy atom. The Bertz CT molecular complexity index is 1230. The van der Waals surface area contributed by atoms with Crippen LogP contribution in [0, 0.1) is 0 Å². The molecule has 1 amide bonds. The number of nitrogens with two attached hydrogens (primary N) is 1.